The van der Waals surface area contributed by atoms with Crippen LogP contribution in [0, 0.1) is 6.92 Å². The van der Waals surface area contributed by atoms with Crippen LogP contribution in [0.4, 0.5) is 11.8 Å². The number of halogens is 1. The van der Waals surface area contributed by atoms with Crippen molar-refractivity contribution in [2.24, 2.45) is 0 Å². The summed E-state index contributed by atoms with van der Waals surface area (Å²) >= 11 is 5.82. The third kappa shape index (κ3) is 2.51. The lowest BCUT2D eigenvalue weighted by molar-refractivity contribution is 0.102. The molecular formula is C9H8ClN5O2. The van der Waals surface area contributed by atoms with Gasteiger partial charge in [0.15, 0.2) is 5.82 Å². The molecule has 0 unspecified atom stereocenters. The van der Waals surface area contributed by atoms with Crippen molar-refractivity contribution in [2.75, 3.05) is 11.1 Å². The van der Waals surface area contributed by atoms with Crippen molar-refractivity contribution in [3.05, 3.63) is 28.7 Å². The molecule has 0 bridgehead atoms. The number of carbonyl (C=O) groups excluding carboxylic acids is 1. The molecule has 8 heteroatoms. The van der Waals surface area contributed by atoms with Gasteiger partial charge in [0, 0.05) is 6.20 Å². The molecular weight excluding hydrogens is 246 g/mol. The summed E-state index contributed by atoms with van der Waals surface area (Å²) in [7, 11) is 0. The summed E-state index contributed by atoms with van der Waals surface area (Å²) < 4.78 is 4.74. The minimum absolute atomic E-state index is 0.000972. The van der Waals surface area contributed by atoms with Gasteiger partial charge in [0.1, 0.15) is 5.82 Å². The van der Waals surface area contributed by atoms with Gasteiger partial charge in [-0.25, -0.2) is 4.98 Å². The van der Waals surface area contributed by atoms with Gasteiger partial charge in [-0.05, 0) is 13.0 Å². The molecule has 88 valence electrons. The molecule has 7 nitrogen and oxygen atoms in total. The van der Waals surface area contributed by atoms with Gasteiger partial charge in [0.25, 0.3) is 5.91 Å². The van der Waals surface area contributed by atoms with Crippen LogP contribution in [0.3, 0.4) is 0 Å². The number of aryl methyl sites for hydroxylation is 1. The van der Waals surface area contributed by atoms with E-state index in [0.717, 1.165) is 0 Å². The molecule has 2 aromatic heterocycles. The molecule has 0 atom stereocenters. The molecule has 0 aliphatic rings. The second kappa shape index (κ2) is 4.38. The summed E-state index contributed by atoms with van der Waals surface area (Å²) in [4.78, 5) is 19.4. The Morgan fingerprint density at radius 1 is 1.59 bits per heavy atom. The number of carbonyl (C=O) groups is 1. The van der Waals surface area contributed by atoms with Crippen LogP contribution in [0.5, 0.6) is 0 Å². The van der Waals surface area contributed by atoms with Crippen molar-refractivity contribution < 1.29 is 9.32 Å². The molecule has 2 aromatic rings. The van der Waals surface area contributed by atoms with Crippen LogP contribution in [0.2, 0.25) is 5.02 Å². The van der Waals surface area contributed by atoms with E-state index in [1.54, 1.807) is 6.92 Å². The molecule has 2 heterocycles. The third-order valence-electron chi connectivity index (χ3n) is 1.87. The summed E-state index contributed by atoms with van der Waals surface area (Å²) in [6, 6.07) is 1.36. The molecule has 17 heavy (non-hydrogen) atoms. The highest BCUT2D eigenvalue weighted by Gasteiger charge is 2.14. The van der Waals surface area contributed by atoms with E-state index in [2.05, 4.69) is 20.4 Å². The van der Waals surface area contributed by atoms with E-state index in [-0.39, 0.29) is 22.4 Å². The number of nitrogens with one attached hydrogen (secondary N) is 1. The Morgan fingerprint density at radius 2 is 2.35 bits per heavy atom. The standard InChI is InChI=1S/C9H8ClN5O2/c1-4-13-9(17-15-4)14-8(16)5-2-7(11)12-3-6(5)10/h2-3H,1H3,(H2,11,12)(H,13,14,15,16). The summed E-state index contributed by atoms with van der Waals surface area (Å²) in [6.07, 6.45) is 1.30. The molecule has 0 aliphatic heterocycles. The SMILES string of the molecule is Cc1noc(NC(=O)c2cc(N)ncc2Cl)n1. The van der Waals surface area contributed by atoms with Gasteiger partial charge in [-0.15, -0.1) is 0 Å². The number of aromatic nitrogens is 3. The van der Waals surface area contributed by atoms with E-state index >= 15 is 0 Å². The fraction of sp³-hybridized carbons (Fsp3) is 0.111. The zero-order chi connectivity index (χ0) is 12.4. The Kier molecular flexibility index (Phi) is 2.92. The highest BCUT2D eigenvalue weighted by molar-refractivity contribution is 6.34. The number of nitrogens with two attached hydrogens (primary N) is 1. The fourth-order valence-electron chi connectivity index (χ4n) is 1.14. The van der Waals surface area contributed by atoms with Gasteiger partial charge in [-0.2, -0.15) is 4.98 Å². The van der Waals surface area contributed by atoms with Crippen molar-refractivity contribution in [1.29, 1.82) is 0 Å². The molecule has 0 saturated heterocycles. The first-order chi connectivity index (χ1) is 8.06. The molecule has 0 fully saturated rings. The molecule has 0 radical (unpaired) electrons. The van der Waals surface area contributed by atoms with Crippen LogP contribution in [0.1, 0.15) is 16.2 Å². The van der Waals surface area contributed by atoms with Crippen molar-refractivity contribution >= 4 is 29.3 Å². The number of pyridine rings is 1. The Balaban J connectivity index is 2.22. The maximum atomic E-state index is 11.8. The number of hydrogen-bond donors (Lipinski definition) is 2. The molecule has 0 spiro atoms. The highest BCUT2D eigenvalue weighted by atomic mass is 35.5. The van der Waals surface area contributed by atoms with Crippen LogP contribution in [-0.2, 0) is 0 Å². The lowest BCUT2D eigenvalue weighted by atomic mass is 10.2. The minimum atomic E-state index is -0.493. The Bertz CT molecular complexity index is 568. The topological polar surface area (TPSA) is 107 Å². The van der Waals surface area contributed by atoms with Gasteiger partial charge in [0.2, 0.25) is 0 Å². The maximum Gasteiger partial charge on any atom is 0.328 e. The smallest absolute Gasteiger partial charge is 0.328 e. The van der Waals surface area contributed by atoms with Gasteiger partial charge in [-0.3, -0.25) is 10.1 Å². The number of nitrogens with zero attached hydrogens (tertiary/aromatic N) is 3. The molecule has 0 aliphatic carbocycles. The monoisotopic (exact) mass is 253 g/mol. The van der Waals surface area contributed by atoms with Crippen molar-refractivity contribution in [3.8, 4) is 0 Å². The molecule has 0 aromatic carbocycles. The predicted molar refractivity (Wildman–Crippen MR) is 60.6 cm³/mol. The van der Waals surface area contributed by atoms with Crippen LogP contribution in [-0.4, -0.2) is 21.0 Å². The first-order valence-electron chi connectivity index (χ1n) is 4.59. The second-order valence-corrected chi connectivity index (χ2v) is 3.60. The summed E-state index contributed by atoms with van der Waals surface area (Å²) in [5.41, 5.74) is 5.65. The van der Waals surface area contributed by atoms with Crippen LogP contribution in [0.15, 0.2) is 16.8 Å². The lowest BCUT2D eigenvalue weighted by Crippen LogP contribution is -2.13. The normalized spacial score (nSPS) is 10.2. The largest absolute Gasteiger partial charge is 0.384 e. The van der Waals surface area contributed by atoms with Gasteiger partial charge in [-0.1, -0.05) is 16.8 Å². The zero-order valence-corrected chi connectivity index (χ0v) is 9.52. The Hall–Kier alpha value is -2.15. The summed E-state index contributed by atoms with van der Waals surface area (Å²) in [6.45, 7) is 1.64. The second-order valence-electron chi connectivity index (χ2n) is 3.19. The van der Waals surface area contributed by atoms with E-state index in [0.29, 0.717) is 5.82 Å². The number of nitrogen functional groups attached to an aromatic ring is 1. The molecule has 0 saturated carbocycles. The third-order valence-corrected chi connectivity index (χ3v) is 2.17. The fourth-order valence-corrected chi connectivity index (χ4v) is 1.33. The maximum absolute atomic E-state index is 11.8. The Morgan fingerprint density at radius 3 is 3.00 bits per heavy atom. The van der Waals surface area contributed by atoms with E-state index in [1.165, 1.54) is 12.3 Å². The van der Waals surface area contributed by atoms with Gasteiger partial charge in [0.05, 0.1) is 10.6 Å². The average molecular weight is 254 g/mol. The van der Waals surface area contributed by atoms with E-state index in [4.69, 9.17) is 21.9 Å². The van der Waals surface area contributed by atoms with Crippen molar-refractivity contribution in [2.45, 2.75) is 6.92 Å². The first kappa shape index (κ1) is 11.3. The molecule has 2 rings (SSSR count). The predicted octanol–water partition coefficient (Wildman–Crippen LogP) is 1.26. The summed E-state index contributed by atoms with van der Waals surface area (Å²) in [5.74, 6) is 0.120. The highest BCUT2D eigenvalue weighted by Crippen LogP contribution is 2.17. The van der Waals surface area contributed by atoms with Gasteiger partial charge < -0.3 is 10.3 Å². The number of amides is 1. The summed E-state index contributed by atoms with van der Waals surface area (Å²) in [5, 5.41) is 6.12. The number of rotatable bonds is 2. The quantitative estimate of drug-likeness (QED) is 0.834. The molecule has 1 amide bonds. The van der Waals surface area contributed by atoms with Crippen molar-refractivity contribution in [3.63, 3.8) is 0 Å². The Labute approximate surface area is 101 Å². The van der Waals surface area contributed by atoms with Gasteiger partial charge >= 0.3 is 6.01 Å². The average Bonchev–Trinajstić information content (AvgIpc) is 2.67. The van der Waals surface area contributed by atoms with E-state index in [9.17, 15) is 4.79 Å². The zero-order valence-electron chi connectivity index (χ0n) is 8.77. The lowest BCUT2D eigenvalue weighted by Gasteiger charge is -2.03. The first-order valence-corrected chi connectivity index (χ1v) is 4.97. The van der Waals surface area contributed by atoms with Crippen LogP contribution in [0.25, 0.3) is 0 Å². The van der Waals surface area contributed by atoms with Crippen LogP contribution < -0.4 is 11.1 Å². The van der Waals surface area contributed by atoms with E-state index < -0.39 is 5.91 Å². The molecule has 3 N–H and O–H groups in total. The van der Waals surface area contributed by atoms with Crippen LogP contribution >= 0.6 is 11.6 Å². The number of anilines is 2. The van der Waals surface area contributed by atoms with E-state index in [1.807, 2.05) is 0 Å². The number of hydrogen-bond acceptors (Lipinski definition) is 6. The van der Waals surface area contributed by atoms with Crippen molar-refractivity contribution in [1.82, 2.24) is 15.1 Å². The minimum Gasteiger partial charge on any atom is -0.384 e.